The van der Waals surface area contributed by atoms with Gasteiger partial charge in [0.2, 0.25) is 0 Å². The Hall–Kier alpha value is -3.08. The maximum absolute atomic E-state index is 12.5. The minimum Gasteiger partial charge on any atom is -0.486 e. The van der Waals surface area contributed by atoms with Crippen molar-refractivity contribution < 1.29 is 9.53 Å². The van der Waals surface area contributed by atoms with Crippen LogP contribution >= 0.6 is 0 Å². The van der Waals surface area contributed by atoms with E-state index in [4.69, 9.17) is 4.74 Å². The van der Waals surface area contributed by atoms with Gasteiger partial charge >= 0.3 is 0 Å². The number of amides is 1. The van der Waals surface area contributed by atoms with Gasteiger partial charge in [0, 0.05) is 18.4 Å². The molecule has 0 fully saturated rings. The lowest BCUT2D eigenvalue weighted by Crippen LogP contribution is -2.14. The number of aromatic nitrogens is 2. The summed E-state index contributed by atoms with van der Waals surface area (Å²) in [5, 5.41) is 7.06. The Labute approximate surface area is 153 Å². The Bertz CT molecular complexity index is 916. The molecule has 2 aromatic carbocycles. The predicted molar refractivity (Wildman–Crippen MR) is 103 cm³/mol. The molecule has 1 unspecified atom stereocenters. The fourth-order valence-electron chi connectivity index (χ4n) is 2.76. The normalized spacial score (nSPS) is 11.8. The smallest absolute Gasteiger partial charge is 0.259 e. The fraction of sp³-hybridized carbons (Fsp3) is 0.238. The third-order valence-electron chi connectivity index (χ3n) is 4.51. The first kappa shape index (κ1) is 17.7. The lowest BCUT2D eigenvalue weighted by Gasteiger charge is -2.16. The summed E-state index contributed by atoms with van der Waals surface area (Å²) in [5.41, 5.74) is 4.23. The molecule has 1 amide bonds. The zero-order valence-corrected chi connectivity index (χ0v) is 15.5. The summed E-state index contributed by atoms with van der Waals surface area (Å²) in [6.07, 6.45) is 1.54. The van der Waals surface area contributed by atoms with Crippen LogP contribution in [0.1, 0.15) is 40.2 Å². The van der Waals surface area contributed by atoms with Crippen LogP contribution in [-0.4, -0.2) is 15.7 Å². The third-order valence-corrected chi connectivity index (χ3v) is 4.51. The van der Waals surface area contributed by atoms with Crippen LogP contribution in [0, 0.1) is 13.8 Å². The van der Waals surface area contributed by atoms with Crippen LogP contribution in [0.4, 0.5) is 5.69 Å². The second kappa shape index (κ2) is 7.44. The summed E-state index contributed by atoms with van der Waals surface area (Å²) in [6.45, 7) is 5.84. The fourth-order valence-corrected chi connectivity index (χ4v) is 2.76. The van der Waals surface area contributed by atoms with E-state index < -0.39 is 0 Å². The first-order chi connectivity index (χ1) is 12.5. The van der Waals surface area contributed by atoms with Gasteiger partial charge in [0.25, 0.3) is 5.91 Å². The van der Waals surface area contributed by atoms with Gasteiger partial charge in [-0.3, -0.25) is 9.48 Å². The van der Waals surface area contributed by atoms with Gasteiger partial charge in [-0.1, -0.05) is 30.3 Å². The molecule has 3 rings (SSSR count). The average Bonchev–Trinajstić information content (AvgIpc) is 2.97. The van der Waals surface area contributed by atoms with Gasteiger partial charge < -0.3 is 10.1 Å². The van der Waals surface area contributed by atoms with Crippen molar-refractivity contribution in [2.75, 3.05) is 5.32 Å². The van der Waals surface area contributed by atoms with Gasteiger partial charge in [0.15, 0.2) is 0 Å². The Kier molecular flexibility index (Phi) is 5.07. The number of hydrogen-bond donors (Lipinski definition) is 1. The molecule has 0 spiro atoms. The Morgan fingerprint density at radius 1 is 1.15 bits per heavy atom. The number of nitrogens with zero attached hydrogens (tertiary/aromatic N) is 2. The van der Waals surface area contributed by atoms with E-state index in [1.807, 2.05) is 76.3 Å². The summed E-state index contributed by atoms with van der Waals surface area (Å²) in [4.78, 5) is 12.5. The maximum Gasteiger partial charge on any atom is 0.259 e. The molecular weight excluding hydrogens is 326 g/mol. The van der Waals surface area contributed by atoms with Crippen LogP contribution in [0.5, 0.6) is 5.75 Å². The van der Waals surface area contributed by atoms with Crippen LogP contribution < -0.4 is 10.1 Å². The molecule has 0 radical (unpaired) electrons. The first-order valence-corrected chi connectivity index (χ1v) is 8.58. The van der Waals surface area contributed by atoms with Crippen molar-refractivity contribution in [1.29, 1.82) is 0 Å². The highest BCUT2D eigenvalue weighted by Crippen LogP contribution is 2.26. The van der Waals surface area contributed by atoms with Crippen LogP contribution in [0.15, 0.2) is 54.7 Å². The molecule has 0 saturated carbocycles. The molecule has 5 nitrogen and oxygen atoms in total. The van der Waals surface area contributed by atoms with E-state index in [0.717, 1.165) is 28.3 Å². The SMILES string of the molecule is Cc1cc(OC(C)c2ccccc2)ccc1NC(=O)c1cnn(C)c1C. The molecule has 0 saturated heterocycles. The van der Waals surface area contributed by atoms with Crippen LogP contribution in [-0.2, 0) is 7.05 Å². The molecule has 1 aromatic heterocycles. The zero-order chi connectivity index (χ0) is 18.7. The number of anilines is 1. The highest BCUT2D eigenvalue weighted by atomic mass is 16.5. The maximum atomic E-state index is 12.5. The Morgan fingerprint density at radius 2 is 1.88 bits per heavy atom. The molecule has 134 valence electrons. The monoisotopic (exact) mass is 349 g/mol. The second-order valence-electron chi connectivity index (χ2n) is 6.37. The molecular formula is C21H23N3O2. The number of nitrogens with one attached hydrogen (secondary N) is 1. The van der Waals surface area contributed by atoms with Crippen molar-refractivity contribution >= 4 is 11.6 Å². The van der Waals surface area contributed by atoms with Crippen molar-refractivity contribution in [2.24, 2.45) is 7.05 Å². The lowest BCUT2D eigenvalue weighted by molar-refractivity contribution is 0.102. The number of rotatable bonds is 5. The van der Waals surface area contributed by atoms with Crippen LogP contribution in [0.3, 0.4) is 0 Å². The number of aryl methyl sites for hydroxylation is 2. The Balaban J connectivity index is 1.71. The summed E-state index contributed by atoms with van der Waals surface area (Å²) >= 11 is 0. The molecule has 5 heteroatoms. The number of carbonyl (C=O) groups excluding carboxylic acids is 1. The minimum absolute atomic E-state index is 0.0471. The largest absolute Gasteiger partial charge is 0.486 e. The number of ether oxygens (including phenoxy) is 1. The molecule has 0 aliphatic carbocycles. The molecule has 1 heterocycles. The summed E-state index contributed by atoms with van der Waals surface area (Å²) in [6, 6.07) is 15.8. The van der Waals surface area contributed by atoms with Crippen LogP contribution in [0.2, 0.25) is 0 Å². The van der Waals surface area contributed by atoms with E-state index in [1.54, 1.807) is 10.9 Å². The van der Waals surface area contributed by atoms with Gasteiger partial charge in [-0.25, -0.2) is 0 Å². The highest BCUT2D eigenvalue weighted by molar-refractivity contribution is 6.05. The molecule has 26 heavy (non-hydrogen) atoms. The number of hydrogen-bond acceptors (Lipinski definition) is 3. The topological polar surface area (TPSA) is 56.1 Å². The van der Waals surface area contributed by atoms with E-state index in [0.29, 0.717) is 5.56 Å². The number of benzene rings is 2. The van der Waals surface area contributed by atoms with Gasteiger partial charge in [-0.05, 0) is 50.1 Å². The predicted octanol–water partition coefficient (Wildman–Crippen LogP) is 4.43. The minimum atomic E-state index is -0.162. The number of carbonyl (C=O) groups is 1. The quantitative estimate of drug-likeness (QED) is 0.741. The molecule has 1 atom stereocenters. The van der Waals surface area contributed by atoms with Crippen molar-refractivity contribution in [1.82, 2.24) is 9.78 Å². The van der Waals surface area contributed by atoms with E-state index in [2.05, 4.69) is 10.4 Å². The van der Waals surface area contributed by atoms with E-state index >= 15 is 0 Å². The van der Waals surface area contributed by atoms with Crippen molar-refractivity contribution in [3.8, 4) is 5.75 Å². The molecule has 0 aliphatic rings. The van der Waals surface area contributed by atoms with Crippen LogP contribution in [0.25, 0.3) is 0 Å². The lowest BCUT2D eigenvalue weighted by atomic mass is 10.1. The van der Waals surface area contributed by atoms with Gasteiger partial charge in [0.1, 0.15) is 11.9 Å². The first-order valence-electron chi connectivity index (χ1n) is 8.58. The van der Waals surface area contributed by atoms with Gasteiger partial charge in [-0.15, -0.1) is 0 Å². The van der Waals surface area contributed by atoms with E-state index in [9.17, 15) is 4.79 Å². The summed E-state index contributed by atoms with van der Waals surface area (Å²) in [7, 11) is 1.82. The van der Waals surface area contributed by atoms with E-state index in [-0.39, 0.29) is 12.0 Å². The highest BCUT2D eigenvalue weighted by Gasteiger charge is 2.14. The molecule has 0 aliphatic heterocycles. The van der Waals surface area contributed by atoms with Crippen molar-refractivity contribution in [3.63, 3.8) is 0 Å². The van der Waals surface area contributed by atoms with Gasteiger partial charge in [-0.2, -0.15) is 5.10 Å². The summed E-state index contributed by atoms with van der Waals surface area (Å²) in [5.74, 6) is 0.611. The second-order valence-corrected chi connectivity index (χ2v) is 6.37. The van der Waals surface area contributed by atoms with Crippen molar-refractivity contribution in [3.05, 3.63) is 77.1 Å². The average molecular weight is 349 g/mol. The zero-order valence-electron chi connectivity index (χ0n) is 15.5. The molecule has 3 aromatic rings. The van der Waals surface area contributed by atoms with Gasteiger partial charge in [0.05, 0.1) is 11.8 Å². The standard InChI is InChI=1S/C21H23N3O2/c1-14-12-18(26-16(3)17-8-6-5-7-9-17)10-11-20(14)23-21(25)19-13-22-24(4)15(19)2/h5-13,16H,1-4H3,(H,23,25). The Morgan fingerprint density at radius 3 is 2.50 bits per heavy atom. The molecule has 1 N–H and O–H groups in total. The third kappa shape index (κ3) is 3.77. The van der Waals surface area contributed by atoms with E-state index in [1.165, 1.54) is 0 Å². The van der Waals surface area contributed by atoms with Crippen molar-refractivity contribution in [2.45, 2.75) is 26.9 Å². The summed E-state index contributed by atoms with van der Waals surface area (Å²) < 4.78 is 7.71. The molecule has 0 bridgehead atoms.